The molecule has 0 saturated heterocycles. The van der Waals surface area contributed by atoms with Crippen LogP contribution in [0.4, 0.5) is 5.69 Å². The highest BCUT2D eigenvalue weighted by Crippen LogP contribution is 2.24. The predicted octanol–water partition coefficient (Wildman–Crippen LogP) is 3.91. The van der Waals surface area contributed by atoms with Gasteiger partial charge in [0.15, 0.2) is 0 Å². The Kier molecular flexibility index (Phi) is 2.76. The van der Waals surface area contributed by atoms with Crippen molar-refractivity contribution < 1.29 is 4.79 Å². The Morgan fingerprint density at radius 3 is 2.82 bits per heavy atom. The summed E-state index contributed by atoms with van der Waals surface area (Å²) in [5, 5.41) is 5.08. The van der Waals surface area contributed by atoms with E-state index < -0.39 is 0 Å². The number of anilines is 1. The number of benzene rings is 2. The molecule has 0 bridgehead atoms. The van der Waals surface area contributed by atoms with Gasteiger partial charge in [-0.05, 0) is 30.3 Å². The number of hydrogen-bond donors (Lipinski definition) is 2. The standard InChI is InChI=1S/C18H15N3O/c1-21-16-8-3-2-5-12(16)11-17(21)18(22)20-15-7-4-6-14-13(15)9-10-19-14/h2-11,19H,1H3,(H,20,22). The summed E-state index contributed by atoms with van der Waals surface area (Å²) in [6.45, 7) is 0. The lowest BCUT2D eigenvalue weighted by atomic mass is 10.2. The van der Waals surface area contributed by atoms with Crippen molar-refractivity contribution in [2.75, 3.05) is 5.32 Å². The van der Waals surface area contributed by atoms with Crippen molar-refractivity contribution >= 4 is 33.4 Å². The van der Waals surface area contributed by atoms with Gasteiger partial charge in [-0.2, -0.15) is 0 Å². The Morgan fingerprint density at radius 2 is 1.95 bits per heavy atom. The van der Waals surface area contributed by atoms with Crippen LogP contribution in [-0.4, -0.2) is 15.5 Å². The highest BCUT2D eigenvalue weighted by Gasteiger charge is 2.14. The van der Waals surface area contributed by atoms with E-state index in [0.717, 1.165) is 27.5 Å². The molecule has 1 amide bonds. The molecule has 0 aliphatic heterocycles. The second kappa shape index (κ2) is 4.77. The maximum Gasteiger partial charge on any atom is 0.272 e. The van der Waals surface area contributed by atoms with E-state index in [1.165, 1.54) is 0 Å². The number of nitrogens with zero attached hydrogens (tertiary/aromatic N) is 1. The molecule has 4 nitrogen and oxygen atoms in total. The number of carbonyl (C=O) groups excluding carboxylic acids is 1. The van der Waals surface area contributed by atoms with Gasteiger partial charge >= 0.3 is 0 Å². The Labute approximate surface area is 127 Å². The first kappa shape index (κ1) is 12.7. The van der Waals surface area contributed by atoms with Crippen LogP contribution >= 0.6 is 0 Å². The molecule has 0 saturated carbocycles. The third kappa shape index (κ3) is 1.89. The molecule has 0 atom stereocenters. The van der Waals surface area contributed by atoms with Crippen molar-refractivity contribution in [1.29, 1.82) is 0 Å². The maximum atomic E-state index is 12.6. The minimum Gasteiger partial charge on any atom is -0.361 e. The zero-order chi connectivity index (χ0) is 15.1. The number of aryl methyl sites for hydroxylation is 1. The van der Waals surface area contributed by atoms with Crippen LogP contribution in [0.1, 0.15) is 10.5 Å². The van der Waals surface area contributed by atoms with Crippen LogP contribution < -0.4 is 5.32 Å². The van der Waals surface area contributed by atoms with Gasteiger partial charge in [0.25, 0.3) is 5.91 Å². The van der Waals surface area contributed by atoms with Crippen LogP contribution in [0, 0.1) is 0 Å². The van der Waals surface area contributed by atoms with Crippen molar-refractivity contribution in [1.82, 2.24) is 9.55 Å². The van der Waals surface area contributed by atoms with Gasteiger partial charge in [0, 0.05) is 35.1 Å². The molecule has 4 heteroatoms. The summed E-state index contributed by atoms with van der Waals surface area (Å²) >= 11 is 0. The quantitative estimate of drug-likeness (QED) is 0.577. The number of fused-ring (bicyclic) bond motifs is 2. The molecule has 2 aromatic carbocycles. The van der Waals surface area contributed by atoms with E-state index in [9.17, 15) is 4.79 Å². The number of hydrogen-bond acceptors (Lipinski definition) is 1. The molecule has 108 valence electrons. The lowest BCUT2D eigenvalue weighted by molar-refractivity contribution is 0.102. The van der Waals surface area contributed by atoms with Crippen molar-refractivity contribution in [3.63, 3.8) is 0 Å². The molecule has 0 spiro atoms. The lowest BCUT2D eigenvalue weighted by Gasteiger charge is -2.07. The van der Waals surface area contributed by atoms with Crippen molar-refractivity contribution in [2.24, 2.45) is 7.05 Å². The van der Waals surface area contributed by atoms with E-state index >= 15 is 0 Å². The lowest BCUT2D eigenvalue weighted by Crippen LogP contribution is -2.15. The zero-order valence-corrected chi connectivity index (χ0v) is 12.1. The fraction of sp³-hybridized carbons (Fsp3) is 0.0556. The molecule has 4 aromatic rings. The van der Waals surface area contributed by atoms with Crippen molar-refractivity contribution in [3.05, 3.63) is 66.5 Å². The number of rotatable bonds is 2. The molecule has 2 heterocycles. The molecule has 0 aliphatic carbocycles. The number of carbonyl (C=O) groups is 1. The van der Waals surface area contributed by atoms with Crippen LogP contribution in [0.2, 0.25) is 0 Å². The summed E-state index contributed by atoms with van der Waals surface area (Å²) in [7, 11) is 1.91. The van der Waals surface area contributed by atoms with Gasteiger partial charge in [0.05, 0.1) is 5.69 Å². The first-order valence-electron chi connectivity index (χ1n) is 7.16. The van der Waals surface area contributed by atoms with E-state index in [2.05, 4.69) is 10.3 Å². The number of H-pyrrole nitrogens is 1. The van der Waals surface area contributed by atoms with Gasteiger partial charge < -0.3 is 14.9 Å². The summed E-state index contributed by atoms with van der Waals surface area (Å²) in [5.74, 6) is -0.104. The minimum atomic E-state index is -0.104. The first-order valence-corrected chi connectivity index (χ1v) is 7.16. The molecule has 4 rings (SSSR count). The van der Waals surface area contributed by atoms with Crippen LogP contribution in [0.25, 0.3) is 21.8 Å². The Hall–Kier alpha value is -3.01. The van der Waals surface area contributed by atoms with E-state index in [1.54, 1.807) is 0 Å². The van der Waals surface area contributed by atoms with Crippen LogP contribution in [0.5, 0.6) is 0 Å². The van der Waals surface area contributed by atoms with E-state index in [-0.39, 0.29) is 5.91 Å². The highest BCUT2D eigenvalue weighted by atomic mass is 16.1. The molecule has 2 N–H and O–H groups in total. The third-order valence-corrected chi connectivity index (χ3v) is 4.03. The summed E-state index contributed by atoms with van der Waals surface area (Å²) in [6, 6.07) is 17.7. The summed E-state index contributed by atoms with van der Waals surface area (Å²) in [5.41, 5.74) is 3.52. The predicted molar refractivity (Wildman–Crippen MR) is 89.2 cm³/mol. The topological polar surface area (TPSA) is 49.8 Å². The maximum absolute atomic E-state index is 12.6. The Morgan fingerprint density at radius 1 is 1.09 bits per heavy atom. The number of para-hydroxylation sites is 1. The molecular weight excluding hydrogens is 274 g/mol. The fourth-order valence-electron chi connectivity index (χ4n) is 2.89. The summed E-state index contributed by atoms with van der Waals surface area (Å²) < 4.78 is 1.92. The normalized spacial score (nSPS) is 11.1. The molecule has 2 aromatic heterocycles. The monoisotopic (exact) mass is 289 g/mol. The van der Waals surface area contributed by atoms with Crippen LogP contribution in [-0.2, 0) is 7.05 Å². The van der Waals surface area contributed by atoms with Gasteiger partial charge in [0.2, 0.25) is 0 Å². The summed E-state index contributed by atoms with van der Waals surface area (Å²) in [4.78, 5) is 15.8. The average Bonchev–Trinajstić information content (AvgIpc) is 3.13. The largest absolute Gasteiger partial charge is 0.361 e. The number of nitrogens with one attached hydrogen (secondary N) is 2. The van der Waals surface area contributed by atoms with Gasteiger partial charge in [-0.15, -0.1) is 0 Å². The van der Waals surface area contributed by atoms with Gasteiger partial charge in [0.1, 0.15) is 5.69 Å². The molecular formula is C18H15N3O. The minimum absolute atomic E-state index is 0.104. The Balaban J connectivity index is 1.75. The second-order valence-electron chi connectivity index (χ2n) is 5.35. The van der Waals surface area contributed by atoms with E-state index in [1.807, 2.05) is 72.4 Å². The van der Waals surface area contributed by atoms with Crippen LogP contribution in [0.15, 0.2) is 60.8 Å². The van der Waals surface area contributed by atoms with Gasteiger partial charge in [-0.3, -0.25) is 4.79 Å². The Bertz CT molecular complexity index is 994. The third-order valence-electron chi connectivity index (χ3n) is 4.03. The van der Waals surface area contributed by atoms with E-state index in [0.29, 0.717) is 5.69 Å². The van der Waals surface area contributed by atoms with Crippen molar-refractivity contribution in [2.45, 2.75) is 0 Å². The molecule has 0 radical (unpaired) electrons. The number of aromatic nitrogens is 2. The number of amides is 1. The average molecular weight is 289 g/mol. The van der Waals surface area contributed by atoms with Gasteiger partial charge in [-0.1, -0.05) is 24.3 Å². The zero-order valence-electron chi connectivity index (χ0n) is 12.1. The molecule has 0 unspecified atom stereocenters. The smallest absolute Gasteiger partial charge is 0.272 e. The first-order chi connectivity index (χ1) is 10.7. The van der Waals surface area contributed by atoms with E-state index in [4.69, 9.17) is 0 Å². The van der Waals surface area contributed by atoms with Crippen molar-refractivity contribution in [3.8, 4) is 0 Å². The SMILES string of the molecule is Cn1c(C(=O)Nc2cccc3[nH]ccc23)cc2ccccc21. The van der Waals surface area contributed by atoms with Gasteiger partial charge in [-0.25, -0.2) is 0 Å². The summed E-state index contributed by atoms with van der Waals surface area (Å²) in [6.07, 6.45) is 1.87. The molecule has 0 aliphatic rings. The highest BCUT2D eigenvalue weighted by molar-refractivity contribution is 6.10. The number of aromatic amines is 1. The van der Waals surface area contributed by atoms with Crippen LogP contribution in [0.3, 0.4) is 0 Å². The fourth-order valence-corrected chi connectivity index (χ4v) is 2.89. The second-order valence-corrected chi connectivity index (χ2v) is 5.35. The molecule has 0 fully saturated rings. The molecule has 22 heavy (non-hydrogen) atoms.